The van der Waals surface area contributed by atoms with Gasteiger partial charge in [0.2, 0.25) is 0 Å². The van der Waals surface area contributed by atoms with Crippen molar-refractivity contribution in [3.8, 4) is 0 Å². The zero-order valence-corrected chi connectivity index (χ0v) is 14.1. The van der Waals surface area contributed by atoms with Crippen molar-refractivity contribution < 1.29 is 0 Å². The van der Waals surface area contributed by atoms with Crippen LogP contribution in [0, 0.1) is 0 Å². The van der Waals surface area contributed by atoms with E-state index in [0.717, 1.165) is 0 Å². The lowest BCUT2D eigenvalue weighted by Crippen LogP contribution is -2.00. The molecule has 0 N–H and O–H groups in total. The summed E-state index contributed by atoms with van der Waals surface area (Å²) < 4.78 is 0. The fourth-order valence-corrected chi connectivity index (χ4v) is 4.33. The van der Waals surface area contributed by atoms with Gasteiger partial charge in [0.05, 0.1) is 0 Å². The summed E-state index contributed by atoms with van der Waals surface area (Å²) >= 11 is 0. The summed E-state index contributed by atoms with van der Waals surface area (Å²) in [5.41, 5.74) is 9.52. The van der Waals surface area contributed by atoms with Crippen LogP contribution in [0.4, 0.5) is 0 Å². The van der Waals surface area contributed by atoms with Crippen LogP contribution in [-0.4, -0.2) is 0 Å². The largest absolute Gasteiger partial charge is 0.0654 e. The predicted octanol–water partition coefficient (Wildman–Crippen LogP) is 6.31. The van der Waals surface area contributed by atoms with E-state index in [2.05, 4.69) is 55.5 Å². The molecule has 0 heteroatoms. The highest BCUT2D eigenvalue weighted by atomic mass is 14.3. The Kier molecular flexibility index (Phi) is 4.08. The van der Waals surface area contributed by atoms with Crippen LogP contribution in [0.25, 0.3) is 5.57 Å². The highest BCUT2D eigenvalue weighted by molar-refractivity contribution is 5.76. The van der Waals surface area contributed by atoms with Gasteiger partial charge in [-0.3, -0.25) is 0 Å². The molecular formula is C23H26. The standard InChI is InChI=1S/C23H26/c1-2-3-6-17-9-11-18(12-10-17)21-15-20-14-13-19-7-4-5-8-22(19)23(20)16-21/h4-5,7-12,21H,2-3,6,13-16H2,1H3. The van der Waals surface area contributed by atoms with Gasteiger partial charge in [0.25, 0.3) is 0 Å². The van der Waals surface area contributed by atoms with Crippen LogP contribution in [0.2, 0.25) is 0 Å². The fourth-order valence-electron chi connectivity index (χ4n) is 4.33. The molecule has 1 unspecified atom stereocenters. The molecule has 0 saturated heterocycles. The van der Waals surface area contributed by atoms with Crippen molar-refractivity contribution in [2.45, 2.75) is 57.8 Å². The van der Waals surface area contributed by atoms with E-state index >= 15 is 0 Å². The summed E-state index contributed by atoms with van der Waals surface area (Å²) in [6.07, 6.45) is 8.83. The summed E-state index contributed by atoms with van der Waals surface area (Å²) in [5.74, 6) is 0.700. The number of aryl methyl sites for hydroxylation is 2. The van der Waals surface area contributed by atoms with Crippen LogP contribution in [-0.2, 0) is 12.8 Å². The average Bonchev–Trinajstić information content (AvgIpc) is 3.05. The smallest absolute Gasteiger partial charge is 0.00838 e. The summed E-state index contributed by atoms with van der Waals surface area (Å²) in [6, 6.07) is 18.5. The Morgan fingerprint density at radius 2 is 1.74 bits per heavy atom. The molecule has 0 radical (unpaired) electrons. The molecule has 1 atom stereocenters. The Hall–Kier alpha value is -1.82. The Morgan fingerprint density at radius 3 is 2.57 bits per heavy atom. The minimum Gasteiger partial charge on any atom is -0.0654 e. The van der Waals surface area contributed by atoms with E-state index in [1.807, 2.05) is 0 Å². The summed E-state index contributed by atoms with van der Waals surface area (Å²) in [6.45, 7) is 2.26. The lowest BCUT2D eigenvalue weighted by Gasteiger charge is -2.18. The van der Waals surface area contributed by atoms with Crippen LogP contribution in [0.15, 0.2) is 54.1 Å². The Morgan fingerprint density at radius 1 is 0.913 bits per heavy atom. The number of hydrogen-bond acceptors (Lipinski definition) is 0. The topological polar surface area (TPSA) is 0 Å². The first kappa shape index (κ1) is 14.8. The van der Waals surface area contributed by atoms with Gasteiger partial charge in [0, 0.05) is 0 Å². The molecule has 2 aromatic carbocycles. The zero-order chi connectivity index (χ0) is 15.6. The van der Waals surface area contributed by atoms with E-state index < -0.39 is 0 Å². The predicted molar refractivity (Wildman–Crippen MR) is 98.7 cm³/mol. The number of fused-ring (bicyclic) bond motifs is 2. The maximum Gasteiger partial charge on any atom is -0.00838 e. The van der Waals surface area contributed by atoms with E-state index in [-0.39, 0.29) is 0 Å². The quantitative estimate of drug-likeness (QED) is 0.621. The van der Waals surface area contributed by atoms with Gasteiger partial charge >= 0.3 is 0 Å². The molecule has 0 bridgehead atoms. The van der Waals surface area contributed by atoms with Crippen molar-refractivity contribution in [2.24, 2.45) is 0 Å². The van der Waals surface area contributed by atoms with Crippen molar-refractivity contribution >= 4 is 5.57 Å². The van der Waals surface area contributed by atoms with Gasteiger partial charge in [0.1, 0.15) is 0 Å². The second kappa shape index (κ2) is 6.35. The molecule has 0 amide bonds. The molecule has 118 valence electrons. The number of allylic oxidation sites excluding steroid dienone is 2. The second-order valence-corrected chi connectivity index (χ2v) is 7.19. The Labute approximate surface area is 140 Å². The molecule has 2 aromatic rings. The Balaban J connectivity index is 1.52. The molecule has 0 spiro atoms. The minimum absolute atomic E-state index is 0.700. The zero-order valence-electron chi connectivity index (χ0n) is 14.1. The average molecular weight is 302 g/mol. The van der Waals surface area contributed by atoms with E-state index in [4.69, 9.17) is 0 Å². The van der Waals surface area contributed by atoms with Crippen LogP contribution in [0.3, 0.4) is 0 Å². The molecule has 4 rings (SSSR count). The normalized spacial score (nSPS) is 19.6. The lowest BCUT2D eigenvalue weighted by molar-refractivity contribution is 0.727. The minimum atomic E-state index is 0.700. The SMILES string of the molecule is CCCCc1ccc(C2CC3=C(C2)c2ccccc2CC3)cc1. The molecule has 2 aliphatic rings. The first-order chi connectivity index (χ1) is 11.3. The van der Waals surface area contributed by atoms with Gasteiger partial charge < -0.3 is 0 Å². The van der Waals surface area contributed by atoms with Crippen LogP contribution in [0.5, 0.6) is 0 Å². The van der Waals surface area contributed by atoms with Gasteiger partial charge in [-0.15, -0.1) is 0 Å². The fraction of sp³-hybridized carbons (Fsp3) is 0.391. The van der Waals surface area contributed by atoms with E-state index in [9.17, 15) is 0 Å². The van der Waals surface area contributed by atoms with Crippen LogP contribution >= 0.6 is 0 Å². The van der Waals surface area contributed by atoms with Gasteiger partial charge in [-0.25, -0.2) is 0 Å². The Bertz CT molecular complexity index is 718. The van der Waals surface area contributed by atoms with Crippen molar-refractivity contribution in [2.75, 3.05) is 0 Å². The van der Waals surface area contributed by atoms with E-state index in [1.54, 1.807) is 16.7 Å². The molecular weight excluding hydrogens is 276 g/mol. The van der Waals surface area contributed by atoms with Crippen LogP contribution in [0.1, 0.15) is 67.2 Å². The number of benzene rings is 2. The second-order valence-electron chi connectivity index (χ2n) is 7.19. The molecule has 0 fully saturated rings. The van der Waals surface area contributed by atoms with Crippen molar-refractivity contribution in [1.82, 2.24) is 0 Å². The number of unbranched alkanes of at least 4 members (excludes halogenated alkanes) is 1. The first-order valence-electron chi connectivity index (χ1n) is 9.23. The number of hydrogen-bond donors (Lipinski definition) is 0. The first-order valence-corrected chi connectivity index (χ1v) is 9.23. The highest BCUT2D eigenvalue weighted by Gasteiger charge is 2.29. The molecule has 0 nitrogen and oxygen atoms in total. The molecule has 23 heavy (non-hydrogen) atoms. The summed E-state index contributed by atoms with van der Waals surface area (Å²) in [4.78, 5) is 0. The molecule has 2 aliphatic carbocycles. The summed E-state index contributed by atoms with van der Waals surface area (Å²) in [5, 5.41) is 0. The van der Waals surface area contributed by atoms with Gasteiger partial charge in [0.15, 0.2) is 0 Å². The third-order valence-electron chi connectivity index (χ3n) is 5.68. The van der Waals surface area contributed by atoms with Crippen molar-refractivity contribution in [3.05, 3.63) is 76.4 Å². The number of rotatable bonds is 4. The van der Waals surface area contributed by atoms with Gasteiger partial charge in [-0.1, -0.05) is 67.4 Å². The monoisotopic (exact) mass is 302 g/mol. The molecule has 0 heterocycles. The third kappa shape index (κ3) is 2.87. The summed E-state index contributed by atoms with van der Waals surface area (Å²) in [7, 11) is 0. The molecule has 0 aliphatic heterocycles. The van der Waals surface area contributed by atoms with Crippen molar-refractivity contribution in [3.63, 3.8) is 0 Å². The van der Waals surface area contributed by atoms with Gasteiger partial charge in [-0.2, -0.15) is 0 Å². The lowest BCUT2D eigenvalue weighted by atomic mass is 9.87. The van der Waals surface area contributed by atoms with E-state index in [1.165, 1.54) is 61.6 Å². The van der Waals surface area contributed by atoms with Crippen LogP contribution < -0.4 is 0 Å². The third-order valence-corrected chi connectivity index (χ3v) is 5.68. The highest BCUT2D eigenvalue weighted by Crippen LogP contribution is 2.47. The van der Waals surface area contributed by atoms with E-state index in [0.29, 0.717) is 5.92 Å². The van der Waals surface area contributed by atoms with Crippen molar-refractivity contribution in [1.29, 1.82) is 0 Å². The molecule has 0 aromatic heterocycles. The molecule has 0 saturated carbocycles. The maximum atomic E-state index is 2.39. The maximum absolute atomic E-state index is 2.39. The van der Waals surface area contributed by atoms with Gasteiger partial charge in [-0.05, 0) is 72.3 Å².